The second kappa shape index (κ2) is 10.2. The fourth-order valence-corrected chi connectivity index (χ4v) is 4.91. The minimum absolute atomic E-state index is 0.181. The van der Waals surface area contributed by atoms with Gasteiger partial charge < -0.3 is 0 Å². The van der Waals surface area contributed by atoms with E-state index < -0.39 is 0 Å². The van der Waals surface area contributed by atoms with Gasteiger partial charge in [0.2, 0.25) is 5.82 Å². The number of aliphatic imine (C=N–C) groups is 1. The molecule has 0 aliphatic carbocycles. The largest absolute Gasteiger partial charge is 0.281 e. The Balaban J connectivity index is 1.36. The summed E-state index contributed by atoms with van der Waals surface area (Å²) in [6.45, 7) is 4.68. The fourth-order valence-electron chi connectivity index (χ4n) is 3.93. The van der Waals surface area contributed by atoms with Gasteiger partial charge in [0.05, 0.1) is 11.9 Å². The maximum Gasteiger partial charge on any atom is 0.279 e. The van der Waals surface area contributed by atoms with Gasteiger partial charge in [-0.1, -0.05) is 84.9 Å². The number of nitrogens with one attached hydrogen (secondary N) is 2. The molecule has 1 fully saturated rings. The Bertz CT molecular complexity index is 1350. The molecule has 1 unspecified atom stereocenters. The summed E-state index contributed by atoms with van der Waals surface area (Å²) >= 11 is 1.59. The van der Waals surface area contributed by atoms with E-state index in [1.807, 2.05) is 54.4 Å². The molecule has 2 N–H and O–H groups in total. The average molecular weight is 484 g/mol. The third kappa shape index (κ3) is 5.16. The van der Waals surface area contributed by atoms with Crippen molar-refractivity contribution in [1.82, 2.24) is 31.1 Å². The first kappa shape index (κ1) is 22.9. The van der Waals surface area contributed by atoms with Gasteiger partial charge in [-0.25, -0.2) is 5.43 Å². The molecule has 8 nitrogen and oxygen atoms in total. The number of amides is 1. The highest BCUT2D eigenvalue weighted by atomic mass is 32.2. The average Bonchev–Trinajstić information content (AvgIpc) is 3.55. The van der Waals surface area contributed by atoms with E-state index in [2.05, 4.69) is 62.2 Å². The summed E-state index contributed by atoms with van der Waals surface area (Å²) in [5.41, 5.74) is 9.23. The molecule has 3 aromatic carbocycles. The van der Waals surface area contributed by atoms with E-state index in [9.17, 15) is 4.79 Å². The van der Waals surface area contributed by atoms with E-state index in [0.29, 0.717) is 23.1 Å². The summed E-state index contributed by atoms with van der Waals surface area (Å²) in [7, 11) is 0. The molecule has 0 spiro atoms. The zero-order valence-corrected chi connectivity index (χ0v) is 20.3. The molecule has 9 heteroatoms. The molecule has 35 heavy (non-hydrogen) atoms. The standard InChI is InChI=1S/C26H25N7OS/c1-3-23-30-33(26(35-23)27-25(34)20-8-6-7-17(2)15-20)16-18-11-13-19(14-12-18)21-9-4-5-10-22(21)24-28-31-32-29-24/h4-15,23,30H,3,16H2,1-2H3,(H,28,29,31,32). The molecule has 0 bridgehead atoms. The van der Waals surface area contributed by atoms with Crippen LogP contribution in [-0.4, -0.2) is 42.1 Å². The quantitative estimate of drug-likeness (QED) is 0.405. The van der Waals surface area contributed by atoms with E-state index in [4.69, 9.17) is 0 Å². The Labute approximate surface area is 207 Å². The maximum absolute atomic E-state index is 12.8. The summed E-state index contributed by atoms with van der Waals surface area (Å²) in [5.74, 6) is 0.334. The first-order valence-electron chi connectivity index (χ1n) is 11.4. The Morgan fingerprint density at radius 1 is 1.06 bits per heavy atom. The monoisotopic (exact) mass is 483 g/mol. The van der Waals surface area contributed by atoms with Gasteiger partial charge in [0.25, 0.3) is 5.91 Å². The van der Waals surface area contributed by atoms with Crippen molar-refractivity contribution in [3.8, 4) is 22.5 Å². The van der Waals surface area contributed by atoms with Gasteiger partial charge >= 0.3 is 0 Å². The van der Waals surface area contributed by atoms with Gasteiger partial charge in [-0.15, -0.1) is 10.2 Å². The van der Waals surface area contributed by atoms with Crippen LogP contribution in [0.1, 0.15) is 34.8 Å². The number of carbonyl (C=O) groups is 1. The smallest absolute Gasteiger partial charge is 0.279 e. The number of H-pyrrole nitrogens is 1. The zero-order valence-electron chi connectivity index (χ0n) is 19.5. The molecule has 1 aliphatic heterocycles. The van der Waals surface area contributed by atoms with E-state index in [0.717, 1.165) is 34.2 Å². The van der Waals surface area contributed by atoms with Gasteiger partial charge in [-0.2, -0.15) is 10.2 Å². The van der Waals surface area contributed by atoms with Gasteiger partial charge in [-0.05, 0) is 47.4 Å². The molecular weight excluding hydrogens is 458 g/mol. The number of tetrazole rings is 1. The first-order chi connectivity index (χ1) is 17.1. The predicted molar refractivity (Wildman–Crippen MR) is 138 cm³/mol. The van der Waals surface area contributed by atoms with Crippen molar-refractivity contribution in [2.75, 3.05) is 0 Å². The molecule has 176 valence electrons. The normalized spacial score (nSPS) is 16.7. The summed E-state index contributed by atoms with van der Waals surface area (Å²) in [5, 5.41) is 17.3. The minimum atomic E-state index is -0.229. The molecule has 1 saturated heterocycles. The Hall–Kier alpha value is -3.82. The molecule has 4 aromatic rings. The highest BCUT2D eigenvalue weighted by Crippen LogP contribution is 2.31. The lowest BCUT2D eigenvalue weighted by atomic mass is 9.98. The number of hydrogen-bond acceptors (Lipinski definition) is 6. The predicted octanol–water partition coefficient (Wildman–Crippen LogP) is 4.83. The number of carbonyl (C=O) groups excluding carboxylic acids is 1. The summed E-state index contributed by atoms with van der Waals surface area (Å²) < 4.78 is 0. The molecule has 1 amide bonds. The van der Waals surface area contributed by atoms with Crippen molar-refractivity contribution in [3.63, 3.8) is 0 Å². The van der Waals surface area contributed by atoms with Crippen LogP contribution < -0.4 is 5.43 Å². The van der Waals surface area contributed by atoms with Crippen LogP contribution in [0.5, 0.6) is 0 Å². The molecular formula is C26H25N7OS. The molecule has 0 radical (unpaired) electrons. The first-order valence-corrected chi connectivity index (χ1v) is 12.3. The van der Waals surface area contributed by atoms with Crippen molar-refractivity contribution in [2.45, 2.75) is 32.2 Å². The van der Waals surface area contributed by atoms with Gasteiger partial charge in [-0.3, -0.25) is 9.80 Å². The molecule has 0 saturated carbocycles. The second-order valence-electron chi connectivity index (χ2n) is 8.28. The van der Waals surface area contributed by atoms with Crippen molar-refractivity contribution in [3.05, 3.63) is 89.5 Å². The number of rotatable bonds is 6. The van der Waals surface area contributed by atoms with Gasteiger partial charge in [0, 0.05) is 11.1 Å². The second-order valence-corrected chi connectivity index (χ2v) is 9.45. The lowest BCUT2D eigenvalue weighted by molar-refractivity contribution is 0.100. The van der Waals surface area contributed by atoms with Crippen molar-refractivity contribution >= 4 is 22.8 Å². The van der Waals surface area contributed by atoms with E-state index in [1.165, 1.54) is 0 Å². The van der Waals surface area contributed by atoms with Crippen LogP contribution >= 0.6 is 11.8 Å². The highest BCUT2D eigenvalue weighted by Gasteiger charge is 2.28. The number of nitrogens with zero attached hydrogens (tertiary/aromatic N) is 5. The van der Waals surface area contributed by atoms with E-state index >= 15 is 0 Å². The van der Waals surface area contributed by atoms with Crippen LogP contribution in [-0.2, 0) is 6.54 Å². The maximum atomic E-state index is 12.8. The third-order valence-electron chi connectivity index (χ3n) is 5.73. The minimum Gasteiger partial charge on any atom is -0.281 e. The lowest BCUT2D eigenvalue weighted by Gasteiger charge is -2.19. The summed E-state index contributed by atoms with van der Waals surface area (Å²) in [6.07, 6.45) is 0.921. The number of aromatic nitrogens is 4. The van der Waals surface area contributed by atoms with Crippen molar-refractivity contribution in [1.29, 1.82) is 0 Å². The van der Waals surface area contributed by atoms with Crippen LogP contribution in [0.25, 0.3) is 22.5 Å². The van der Waals surface area contributed by atoms with Gasteiger partial charge in [0.15, 0.2) is 5.17 Å². The number of hydrogen-bond donors (Lipinski definition) is 2. The zero-order chi connectivity index (χ0) is 24.2. The number of aromatic amines is 1. The number of benzene rings is 3. The van der Waals surface area contributed by atoms with Crippen LogP contribution in [0.2, 0.25) is 0 Å². The number of hydrazine groups is 1. The molecule has 1 aromatic heterocycles. The Morgan fingerprint density at radius 3 is 2.57 bits per heavy atom. The summed E-state index contributed by atoms with van der Waals surface area (Å²) in [6, 6.07) is 23.9. The number of amidine groups is 1. The van der Waals surface area contributed by atoms with E-state index in [-0.39, 0.29) is 11.3 Å². The molecule has 1 aliphatic rings. The lowest BCUT2D eigenvalue weighted by Crippen LogP contribution is -2.37. The van der Waals surface area contributed by atoms with Crippen LogP contribution in [0.4, 0.5) is 0 Å². The van der Waals surface area contributed by atoms with Crippen molar-refractivity contribution in [2.24, 2.45) is 4.99 Å². The van der Waals surface area contributed by atoms with Crippen LogP contribution in [0.15, 0.2) is 77.8 Å². The van der Waals surface area contributed by atoms with Gasteiger partial charge in [0.1, 0.15) is 0 Å². The summed E-state index contributed by atoms with van der Waals surface area (Å²) in [4.78, 5) is 17.3. The molecule has 5 rings (SSSR count). The van der Waals surface area contributed by atoms with Crippen molar-refractivity contribution < 1.29 is 4.79 Å². The molecule has 2 heterocycles. The SMILES string of the molecule is CCC1NN(Cc2ccc(-c3ccccc3-c3nn[nH]n3)cc2)C(=NC(=O)c2cccc(C)c2)S1. The third-order valence-corrected chi connectivity index (χ3v) is 6.98. The Morgan fingerprint density at radius 2 is 1.86 bits per heavy atom. The number of thioether (sulfide) groups is 1. The fraction of sp³-hybridized carbons (Fsp3) is 0.192. The highest BCUT2D eigenvalue weighted by molar-refractivity contribution is 8.14. The van der Waals surface area contributed by atoms with Crippen LogP contribution in [0.3, 0.4) is 0 Å². The van der Waals surface area contributed by atoms with E-state index in [1.54, 1.807) is 17.8 Å². The molecule has 1 atom stereocenters. The topological polar surface area (TPSA) is 99.2 Å². The number of aryl methyl sites for hydroxylation is 1. The van der Waals surface area contributed by atoms with Crippen LogP contribution in [0, 0.1) is 6.92 Å². The Kier molecular flexibility index (Phi) is 6.69.